The SMILES string of the molecule is CN(CC(=O)N1CC(O)C1)Cc1ccccn1. The first-order valence-electron chi connectivity index (χ1n) is 5.69. The summed E-state index contributed by atoms with van der Waals surface area (Å²) in [6.45, 7) is 1.96. The van der Waals surface area contributed by atoms with Crippen LogP contribution in [0.25, 0.3) is 0 Å². The second-order valence-corrected chi connectivity index (χ2v) is 4.45. The standard InChI is InChI=1S/C12H17N3O2/c1-14(6-10-4-2-3-5-13-10)9-12(17)15-7-11(16)8-15/h2-5,11,16H,6-9H2,1H3. The highest BCUT2D eigenvalue weighted by Gasteiger charge is 2.28. The molecule has 2 rings (SSSR count). The third-order valence-corrected chi connectivity index (χ3v) is 2.78. The number of nitrogens with zero attached hydrogens (tertiary/aromatic N) is 3. The molecule has 1 aromatic heterocycles. The summed E-state index contributed by atoms with van der Waals surface area (Å²) in [6.07, 6.45) is 1.41. The van der Waals surface area contributed by atoms with Crippen molar-refractivity contribution in [3.05, 3.63) is 30.1 Å². The number of aromatic nitrogens is 1. The maximum atomic E-state index is 11.7. The molecule has 0 unspecified atom stereocenters. The predicted octanol–water partition coefficient (Wildman–Crippen LogP) is -0.284. The van der Waals surface area contributed by atoms with Crippen LogP contribution in [-0.2, 0) is 11.3 Å². The number of hydrogen-bond donors (Lipinski definition) is 1. The van der Waals surface area contributed by atoms with E-state index in [4.69, 9.17) is 5.11 Å². The van der Waals surface area contributed by atoms with Gasteiger partial charge in [0.1, 0.15) is 0 Å². The van der Waals surface area contributed by atoms with Gasteiger partial charge in [0.05, 0.1) is 18.3 Å². The summed E-state index contributed by atoms with van der Waals surface area (Å²) in [5.41, 5.74) is 0.950. The van der Waals surface area contributed by atoms with Crippen LogP contribution < -0.4 is 0 Å². The van der Waals surface area contributed by atoms with E-state index in [2.05, 4.69) is 4.98 Å². The average molecular weight is 235 g/mol. The molecule has 0 aromatic carbocycles. The quantitative estimate of drug-likeness (QED) is 0.779. The van der Waals surface area contributed by atoms with Gasteiger partial charge in [-0.3, -0.25) is 14.7 Å². The minimum atomic E-state index is -0.333. The summed E-state index contributed by atoms with van der Waals surface area (Å²) >= 11 is 0. The van der Waals surface area contributed by atoms with Crippen LogP contribution in [0.5, 0.6) is 0 Å². The van der Waals surface area contributed by atoms with Crippen molar-refractivity contribution in [3.63, 3.8) is 0 Å². The van der Waals surface area contributed by atoms with Crippen molar-refractivity contribution in [1.82, 2.24) is 14.8 Å². The van der Waals surface area contributed by atoms with Crippen LogP contribution in [0.2, 0.25) is 0 Å². The van der Waals surface area contributed by atoms with E-state index in [0.29, 0.717) is 26.2 Å². The molecule has 5 nitrogen and oxygen atoms in total. The third-order valence-electron chi connectivity index (χ3n) is 2.78. The van der Waals surface area contributed by atoms with Crippen LogP contribution in [0, 0.1) is 0 Å². The van der Waals surface area contributed by atoms with Crippen LogP contribution in [0.3, 0.4) is 0 Å². The zero-order valence-electron chi connectivity index (χ0n) is 9.91. The minimum Gasteiger partial charge on any atom is -0.389 e. The minimum absolute atomic E-state index is 0.0636. The Hall–Kier alpha value is -1.46. The van der Waals surface area contributed by atoms with E-state index in [1.807, 2.05) is 30.1 Å². The first kappa shape index (κ1) is 12.0. The summed E-state index contributed by atoms with van der Waals surface area (Å²) in [7, 11) is 1.89. The van der Waals surface area contributed by atoms with Crippen molar-refractivity contribution >= 4 is 5.91 Å². The number of rotatable bonds is 4. The van der Waals surface area contributed by atoms with E-state index in [9.17, 15) is 4.79 Å². The molecule has 1 fully saturated rings. The van der Waals surface area contributed by atoms with Gasteiger partial charge in [-0.1, -0.05) is 6.07 Å². The lowest BCUT2D eigenvalue weighted by molar-refractivity contribution is -0.142. The van der Waals surface area contributed by atoms with Gasteiger partial charge >= 0.3 is 0 Å². The van der Waals surface area contributed by atoms with Crippen LogP contribution in [-0.4, -0.2) is 58.6 Å². The summed E-state index contributed by atoms with van der Waals surface area (Å²) in [4.78, 5) is 19.5. The Bertz CT molecular complexity index is 377. The number of likely N-dealkylation sites (N-methyl/N-ethyl adjacent to an activating group) is 1. The van der Waals surface area contributed by atoms with E-state index >= 15 is 0 Å². The van der Waals surface area contributed by atoms with Gasteiger partial charge in [-0.15, -0.1) is 0 Å². The number of pyridine rings is 1. The zero-order valence-corrected chi connectivity index (χ0v) is 9.91. The first-order chi connectivity index (χ1) is 8.15. The lowest BCUT2D eigenvalue weighted by atomic mass is 10.1. The zero-order chi connectivity index (χ0) is 12.3. The maximum absolute atomic E-state index is 11.7. The van der Waals surface area contributed by atoms with E-state index < -0.39 is 0 Å². The van der Waals surface area contributed by atoms with Gasteiger partial charge in [-0.05, 0) is 19.2 Å². The molecule has 1 N–H and O–H groups in total. The molecule has 0 atom stereocenters. The molecule has 5 heteroatoms. The highest BCUT2D eigenvalue weighted by Crippen LogP contribution is 2.08. The lowest BCUT2D eigenvalue weighted by Crippen LogP contribution is -2.55. The Kier molecular flexibility index (Phi) is 3.71. The fourth-order valence-electron chi connectivity index (χ4n) is 1.81. The second-order valence-electron chi connectivity index (χ2n) is 4.45. The van der Waals surface area contributed by atoms with Crippen LogP contribution >= 0.6 is 0 Å². The Labute approximate surface area is 101 Å². The molecule has 0 aliphatic carbocycles. The molecule has 1 aliphatic heterocycles. The summed E-state index contributed by atoms with van der Waals surface area (Å²) in [5.74, 6) is 0.0636. The Morgan fingerprint density at radius 2 is 2.35 bits per heavy atom. The molecule has 0 radical (unpaired) electrons. The molecule has 17 heavy (non-hydrogen) atoms. The average Bonchev–Trinajstić information content (AvgIpc) is 2.26. The van der Waals surface area contributed by atoms with Crippen molar-refractivity contribution < 1.29 is 9.90 Å². The normalized spacial score (nSPS) is 16.1. The maximum Gasteiger partial charge on any atom is 0.236 e. The second kappa shape index (κ2) is 5.25. The van der Waals surface area contributed by atoms with Crippen molar-refractivity contribution in [2.24, 2.45) is 0 Å². The number of carbonyl (C=O) groups excluding carboxylic acids is 1. The highest BCUT2D eigenvalue weighted by atomic mass is 16.3. The van der Waals surface area contributed by atoms with Crippen LogP contribution in [0.15, 0.2) is 24.4 Å². The molecule has 2 heterocycles. The number of likely N-dealkylation sites (tertiary alicyclic amines) is 1. The number of aliphatic hydroxyl groups excluding tert-OH is 1. The Morgan fingerprint density at radius 1 is 1.59 bits per heavy atom. The summed E-state index contributed by atoms with van der Waals surface area (Å²) in [5, 5.41) is 9.12. The van der Waals surface area contributed by atoms with Gasteiger partial charge in [0.25, 0.3) is 0 Å². The van der Waals surface area contributed by atoms with Crippen molar-refractivity contribution in [3.8, 4) is 0 Å². The van der Waals surface area contributed by atoms with Gasteiger partial charge in [-0.2, -0.15) is 0 Å². The van der Waals surface area contributed by atoms with Crippen molar-refractivity contribution in [2.45, 2.75) is 12.6 Å². The smallest absolute Gasteiger partial charge is 0.236 e. The van der Waals surface area contributed by atoms with E-state index in [-0.39, 0.29) is 12.0 Å². The fourth-order valence-corrected chi connectivity index (χ4v) is 1.81. The van der Waals surface area contributed by atoms with Gasteiger partial charge in [0.2, 0.25) is 5.91 Å². The molecule has 1 aliphatic rings. The molecular weight excluding hydrogens is 218 g/mol. The fraction of sp³-hybridized carbons (Fsp3) is 0.500. The molecule has 0 bridgehead atoms. The van der Waals surface area contributed by atoms with E-state index in [1.54, 1.807) is 11.1 Å². The lowest BCUT2D eigenvalue weighted by Gasteiger charge is -2.36. The molecule has 0 spiro atoms. The summed E-state index contributed by atoms with van der Waals surface area (Å²) in [6, 6.07) is 5.74. The van der Waals surface area contributed by atoms with Crippen LogP contribution in [0.4, 0.5) is 0 Å². The van der Waals surface area contributed by atoms with Crippen molar-refractivity contribution in [2.75, 3.05) is 26.7 Å². The highest BCUT2D eigenvalue weighted by molar-refractivity contribution is 5.79. The van der Waals surface area contributed by atoms with E-state index in [0.717, 1.165) is 5.69 Å². The number of hydrogen-bond acceptors (Lipinski definition) is 4. The summed E-state index contributed by atoms with van der Waals surface area (Å²) < 4.78 is 0. The Morgan fingerprint density at radius 3 is 2.94 bits per heavy atom. The molecule has 92 valence electrons. The number of aliphatic hydroxyl groups is 1. The van der Waals surface area contributed by atoms with E-state index in [1.165, 1.54) is 0 Å². The van der Waals surface area contributed by atoms with Gasteiger partial charge in [0.15, 0.2) is 0 Å². The van der Waals surface area contributed by atoms with Crippen LogP contribution in [0.1, 0.15) is 5.69 Å². The molecule has 1 aromatic rings. The monoisotopic (exact) mass is 235 g/mol. The van der Waals surface area contributed by atoms with Gasteiger partial charge in [-0.25, -0.2) is 0 Å². The predicted molar refractivity (Wildman–Crippen MR) is 63.2 cm³/mol. The number of β-amino-alcohol motifs (C(OH)–C–C–N with tert-alkyl or cyclic N) is 1. The topological polar surface area (TPSA) is 56.7 Å². The Balaban J connectivity index is 1.77. The molecule has 1 saturated heterocycles. The molecule has 1 amide bonds. The molecule has 0 saturated carbocycles. The number of amides is 1. The van der Waals surface area contributed by atoms with Gasteiger partial charge in [0, 0.05) is 25.8 Å². The largest absolute Gasteiger partial charge is 0.389 e. The number of carbonyl (C=O) groups is 1. The van der Waals surface area contributed by atoms with Crippen molar-refractivity contribution in [1.29, 1.82) is 0 Å². The van der Waals surface area contributed by atoms with Gasteiger partial charge < -0.3 is 10.0 Å². The third kappa shape index (κ3) is 3.25. The molecular formula is C12H17N3O2. The first-order valence-corrected chi connectivity index (χ1v) is 5.69.